The van der Waals surface area contributed by atoms with Gasteiger partial charge in [0.2, 0.25) is 0 Å². The van der Waals surface area contributed by atoms with Gasteiger partial charge in [-0.15, -0.1) is 11.6 Å². The summed E-state index contributed by atoms with van der Waals surface area (Å²) in [7, 11) is 0. The van der Waals surface area contributed by atoms with Crippen molar-refractivity contribution in [3.05, 3.63) is 59.2 Å². The first-order valence-corrected chi connectivity index (χ1v) is 6.60. The first-order chi connectivity index (χ1) is 10.1. The van der Waals surface area contributed by atoms with E-state index in [-0.39, 0.29) is 22.6 Å². The van der Waals surface area contributed by atoms with Gasteiger partial charge in [0.15, 0.2) is 0 Å². The van der Waals surface area contributed by atoms with E-state index in [1.54, 1.807) is 0 Å². The lowest BCUT2D eigenvalue weighted by Gasteiger charge is -2.16. The van der Waals surface area contributed by atoms with Gasteiger partial charge >= 0.3 is 12.4 Å². The Hall–Kier alpha value is -1.69. The lowest BCUT2D eigenvalue weighted by Crippen LogP contribution is -2.10. The van der Waals surface area contributed by atoms with Crippen LogP contribution in [-0.2, 0) is 18.2 Å². The van der Waals surface area contributed by atoms with Gasteiger partial charge in [-0.05, 0) is 28.8 Å². The highest BCUT2D eigenvalue weighted by Gasteiger charge is 2.36. The highest BCUT2D eigenvalue weighted by molar-refractivity contribution is 6.17. The molecule has 0 aliphatic heterocycles. The Morgan fingerprint density at radius 3 is 1.91 bits per heavy atom. The van der Waals surface area contributed by atoms with Gasteiger partial charge < -0.3 is 0 Å². The number of hydrogen-bond acceptors (Lipinski definition) is 0. The molecule has 0 spiro atoms. The van der Waals surface area contributed by atoms with Crippen LogP contribution in [0.25, 0.3) is 11.1 Å². The van der Waals surface area contributed by atoms with E-state index in [9.17, 15) is 26.3 Å². The smallest absolute Gasteiger partial charge is 0.166 e. The van der Waals surface area contributed by atoms with Crippen LogP contribution in [0, 0.1) is 0 Å². The van der Waals surface area contributed by atoms with Crippen molar-refractivity contribution in [2.24, 2.45) is 0 Å². The summed E-state index contributed by atoms with van der Waals surface area (Å²) in [5, 5.41) is 0. The molecule has 0 aliphatic carbocycles. The highest BCUT2D eigenvalue weighted by Crippen LogP contribution is 2.40. The molecule has 0 saturated carbocycles. The maximum atomic E-state index is 13.0. The van der Waals surface area contributed by atoms with Gasteiger partial charge in [-0.3, -0.25) is 0 Å². The first-order valence-electron chi connectivity index (χ1n) is 6.07. The Morgan fingerprint density at radius 1 is 0.773 bits per heavy atom. The van der Waals surface area contributed by atoms with Gasteiger partial charge in [-0.25, -0.2) is 0 Å². The molecule has 2 rings (SSSR count). The van der Waals surface area contributed by atoms with Crippen LogP contribution in [0.1, 0.15) is 16.7 Å². The second-order valence-corrected chi connectivity index (χ2v) is 4.81. The van der Waals surface area contributed by atoms with Gasteiger partial charge in [-0.2, -0.15) is 26.3 Å². The molecule has 0 N–H and O–H groups in total. The van der Waals surface area contributed by atoms with Crippen molar-refractivity contribution in [2.45, 2.75) is 18.2 Å². The fourth-order valence-electron chi connectivity index (χ4n) is 2.11. The van der Waals surface area contributed by atoms with E-state index in [0.29, 0.717) is 6.07 Å². The number of rotatable bonds is 2. The molecule has 2 aromatic carbocycles. The molecule has 118 valence electrons. The Kier molecular flexibility index (Phi) is 4.42. The van der Waals surface area contributed by atoms with Crippen LogP contribution in [0.2, 0.25) is 0 Å². The molecule has 22 heavy (non-hydrogen) atoms. The molecule has 0 aliphatic rings. The third-order valence-electron chi connectivity index (χ3n) is 3.10. The van der Waals surface area contributed by atoms with Crippen molar-refractivity contribution in [1.29, 1.82) is 0 Å². The van der Waals surface area contributed by atoms with Gasteiger partial charge in [0, 0.05) is 5.88 Å². The summed E-state index contributed by atoms with van der Waals surface area (Å²) in [5.41, 5.74) is -2.66. The molecule has 0 saturated heterocycles. The standard InChI is InChI=1S/C15H9ClF6/c16-8-10-6-5-9(7-13(10)15(20,21)22)11-3-1-2-4-12(11)14(17,18)19/h1-7H,8H2. The first kappa shape index (κ1) is 16.7. The predicted molar refractivity (Wildman–Crippen MR) is 71.4 cm³/mol. The Bertz CT molecular complexity index is 672. The minimum Gasteiger partial charge on any atom is -0.166 e. The van der Waals surface area contributed by atoms with Gasteiger partial charge in [0.25, 0.3) is 0 Å². The van der Waals surface area contributed by atoms with E-state index in [0.717, 1.165) is 18.2 Å². The molecule has 0 fully saturated rings. The Labute approximate surface area is 127 Å². The summed E-state index contributed by atoms with van der Waals surface area (Å²) in [6, 6.07) is 7.49. The summed E-state index contributed by atoms with van der Waals surface area (Å²) in [4.78, 5) is 0. The topological polar surface area (TPSA) is 0 Å². The predicted octanol–water partition coefficient (Wildman–Crippen LogP) is 6.13. The van der Waals surface area contributed by atoms with Gasteiger partial charge in [0.1, 0.15) is 0 Å². The van der Waals surface area contributed by atoms with E-state index in [2.05, 4.69) is 0 Å². The van der Waals surface area contributed by atoms with E-state index in [1.807, 2.05) is 0 Å². The largest absolute Gasteiger partial charge is 0.417 e. The zero-order valence-corrected chi connectivity index (χ0v) is 11.7. The summed E-state index contributed by atoms with van der Waals surface area (Å²) < 4.78 is 77.9. The number of alkyl halides is 7. The van der Waals surface area contributed by atoms with Crippen LogP contribution >= 0.6 is 11.6 Å². The van der Waals surface area contributed by atoms with Gasteiger partial charge in [-0.1, -0.05) is 30.3 Å². The van der Waals surface area contributed by atoms with Crippen molar-refractivity contribution in [3.63, 3.8) is 0 Å². The zero-order valence-electron chi connectivity index (χ0n) is 10.9. The fourth-order valence-corrected chi connectivity index (χ4v) is 2.34. The van der Waals surface area contributed by atoms with E-state index in [1.165, 1.54) is 18.2 Å². The monoisotopic (exact) mass is 338 g/mol. The van der Waals surface area contributed by atoms with Crippen molar-refractivity contribution < 1.29 is 26.3 Å². The minimum atomic E-state index is -4.69. The quantitative estimate of drug-likeness (QED) is 0.456. The molecule has 0 amide bonds. The zero-order chi connectivity index (χ0) is 16.5. The molecule has 7 heteroatoms. The van der Waals surface area contributed by atoms with Crippen LogP contribution in [0.5, 0.6) is 0 Å². The molecular weight excluding hydrogens is 330 g/mol. The SMILES string of the molecule is FC(F)(F)c1cc(-c2ccccc2C(F)(F)F)ccc1CCl. The second kappa shape index (κ2) is 5.83. The Balaban J connectivity index is 2.65. The maximum absolute atomic E-state index is 13.0. The molecule has 0 radical (unpaired) electrons. The van der Waals surface area contributed by atoms with Crippen LogP contribution in [0.3, 0.4) is 0 Å². The lowest BCUT2D eigenvalue weighted by atomic mass is 9.95. The number of halogens is 7. The number of benzene rings is 2. The van der Waals surface area contributed by atoms with E-state index < -0.39 is 23.5 Å². The maximum Gasteiger partial charge on any atom is 0.417 e. The fraction of sp³-hybridized carbons (Fsp3) is 0.200. The second-order valence-electron chi connectivity index (χ2n) is 4.55. The molecule has 0 heterocycles. The van der Waals surface area contributed by atoms with Crippen LogP contribution in [-0.4, -0.2) is 0 Å². The lowest BCUT2D eigenvalue weighted by molar-refractivity contribution is -0.138. The third-order valence-corrected chi connectivity index (χ3v) is 3.39. The van der Waals surface area contributed by atoms with Crippen LogP contribution in [0.15, 0.2) is 42.5 Å². The molecule has 0 nitrogen and oxygen atoms in total. The summed E-state index contributed by atoms with van der Waals surface area (Å²) in [6.07, 6.45) is -9.34. The molecule has 0 atom stereocenters. The minimum absolute atomic E-state index is 0.158. The molecular formula is C15H9ClF6. The molecule has 0 bridgehead atoms. The third kappa shape index (κ3) is 3.38. The van der Waals surface area contributed by atoms with Gasteiger partial charge in [0.05, 0.1) is 11.1 Å². The average Bonchev–Trinajstić information content (AvgIpc) is 2.45. The van der Waals surface area contributed by atoms with Crippen molar-refractivity contribution in [3.8, 4) is 11.1 Å². The number of hydrogen-bond donors (Lipinski definition) is 0. The van der Waals surface area contributed by atoms with Crippen molar-refractivity contribution >= 4 is 11.6 Å². The van der Waals surface area contributed by atoms with Crippen molar-refractivity contribution in [1.82, 2.24) is 0 Å². The summed E-state index contributed by atoms with van der Waals surface area (Å²) in [6.45, 7) is 0. The van der Waals surface area contributed by atoms with E-state index in [4.69, 9.17) is 11.6 Å². The molecule has 2 aromatic rings. The van der Waals surface area contributed by atoms with Crippen molar-refractivity contribution in [2.75, 3.05) is 0 Å². The average molecular weight is 339 g/mol. The molecule has 0 aromatic heterocycles. The Morgan fingerprint density at radius 2 is 1.36 bits per heavy atom. The normalized spacial score (nSPS) is 12.5. The summed E-state index contributed by atoms with van der Waals surface area (Å²) >= 11 is 5.46. The van der Waals surface area contributed by atoms with Crippen LogP contribution in [0.4, 0.5) is 26.3 Å². The highest BCUT2D eigenvalue weighted by atomic mass is 35.5. The molecule has 0 unspecified atom stereocenters. The van der Waals surface area contributed by atoms with Crippen LogP contribution < -0.4 is 0 Å². The summed E-state index contributed by atoms with van der Waals surface area (Å²) in [5.74, 6) is -0.379. The van der Waals surface area contributed by atoms with E-state index >= 15 is 0 Å².